The predicted octanol–water partition coefficient (Wildman–Crippen LogP) is 0.0481. The Morgan fingerprint density at radius 1 is 1.24 bits per heavy atom. The fraction of sp³-hybridized carbons (Fsp3) is 0.214. The Morgan fingerprint density at radius 3 is 2.52 bits per heavy atom. The van der Waals surface area contributed by atoms with E-state index >= 15 is 0 Å². The van der Waals surface area contributed by atoms with Crippen LogP contribution in [0.25, 0.3) is 0 Å². The maximum Gasteiger partial charge on any atom is 0.328 e. The minimum absolute atomic E-state index is 0.0803. The molecule has 0 saturated heterocycles. The number of carboxylic acids is 1. The fourth-order valence-electron chi connectivity index (χ4n) is 1.80. The topological polar surface area (TPSA) is 146 Å². The molecule has 0 aliphatic carbocycles. The lowest BCUT2D eigenvalue weighted by Gasteiger charge is -2.10. The molecule has 1 amide bonds. The average molecular weight is 385 g/mol. The standard InChI is InChI=1S/C14H15N3O6S2/c18-7-11(13(20)21)16-12(19)6-9-8-24-14(15-9)17-25(22,23)10-4-2-1-3-5-10/h1-5,8,11,18H,6-7H2,(H,15,17)(H,16,19)(H,20,21). The van der Waals surface area contributed by atoms with Crippen molar-refractivity contribution in [3.05, 3.63) is 41.4 Å². The van der Waals surface area contributed by atoms with Gasteiger partial charge in [0.1, 0.15) is 6.04 Å². The number of aromatic nitrogens is 1. The van der Waals surface area contributed by atoms with E-state index in [1.54, 1.807) is 18.2 Å². The summed E-state index contributed by atoms with van der Waals surface area (Å²) in [5, 5.41) is 21.3. The number of aliphatic hydroxyl groups is 1. The quantitative estimate of drug-likeness (QED) is 0.502. The van der Waals surface area contributed by atoms with Crippen molar-refractivity contribution < 1.29 is 28.2 Å². The molecule has 2 rings (SSSR count). The van der Waals surface area contributed by atoms with E-state index in [4.69, 9.17) is 10.2 Å². The maximum atomic E-state index is 12.2. The zero-order valence-electron chi connectivity index (χ0n) is 12.7. The van der Waals surface area contributed by atoms with Crippen LogP contribution in [0.3, 0.4) is 0 Å². The number of rotatable bonds is 8. The number of nitrogens with zero attached hydrogens (tertiary/aromatic N) is 1. The zero-order valence-corrected chi connectivity index (χ0v) is 14.4. The molecule has 9 nitrogen and oxygen atoms in total. The number of aliphatic hydroxyl groups excluding tert-OH is 1. The Hall–Kier alpha value is -2.50. The highest BCUT2D eigenvalue weighted by molar-refractivity contribution is 7.93. The number of hydrogen-bond acceptors (Lipinski definition) is 7. The highest BCUT2D eigenvalue weighted by Gasteiger charge is 2.20. The Balaban J connectivity index is 2.01. The number of thiazole rings is 1. The van der Waals surface area contributed by atoms with Gasteiger partial charge in [0.05, 0.1) is 23.6 Å². The number of aliphatic carboxylic acids is 1. The van der Waals surface area contributed by atoms with Crippen LogP contribution >= 0.6 is 11.3 Å². The number of sulfonamides is 1. The molecule has 1 aromatic carbocycles. The second-order valence-electron chi connectivity index (χ2n) is 4.88. The summed E-state index contributed by atoms with van der Waals surface area (Å²) in [6.45, 7) is -0.736. The van der Waals surface area contributed by atoms with Crippen LogP contribution in [0.4, 0.5) is 5.13 Å². The molecule has 0 fully saturated rings. The second kappa shape index (κ2) is 8.05. The molecular formula is C14H15N3O6S2. The molecule has 25 heavy (non-hydrogen) atoms. The lowest BCUT2D eigenvalue weighted by atomic mass is 10.2. The van der Waals surface area contributed by atoms with E-state index in [9.17, 15) is 18.0 Å². The number of carbonyl (C=O) groups is 2. The smallest absolute Gasteiger partial charge is 0.328 e. The van der Waals surface area contributed by atoms with E-state index in [0.717, 1.165) is 11.3 Å². The molecule has 1 atom stereocenters. The molecule has 134 valence electrons. The molecule has 2 aromatic rings. The van der Waals surface area contributed by atoms with Gasteiger partial charge < -0.3 is 15.5 Å². The monoisotopic (exact) mass is 385 g/mol. The van der Waals surface area contributed by atoms with Gasteiger partial charge in [0.15, 0.2) is 5.13 Å². The second-order valence-corrected chi connectivity index (χ2v) is 7.42. The van der Waals surface area contributed by atoms with Gasteiger partial charge in [-0.05, 0) is 12.1 Å². The Morgan fingerprint density at radius 2 is 1.92 bits per heavy atom. The van der Waals surface area contributed by atoms with Gasteiger partial charge in [-0.25, -0.2) is 18.2 Å². The molecule has 1 aromatic heterocycles. The van der Waals surface area contributed by atoms with Gasteiger partial charge in [0.25, 0.3) is 10.0 Å². The Labute approximate surface area is 147 Å². The van der Waals surface area contributed by atoms with Crippen molar-refractivity contribution in [1.29, 1.82) is 0 Å². The van der Waals surface area contributed by atoms with Crippen molar-refractivity contribution in [2.45, 2.75) is 17.4 Å². The number of nitrogens with one attached hydrogen (secondary N) is 2. The molecule has 1 heterocycles. The van der Waals surface area contributed by atoms with Gasteiger partial charge in [-0.15, -0.1) is 11.3 Å². The predicted molar refractivity (Wildman–Crippen MR) is 89.7 cm³/mol. The maximum absolute atomic E-state index is 12.2. The summed E-state index contributed by atoms with van der Waals surface area (Å²) < 4.78 is 26.7. The molecule has 0 radical (unpaired) electrons. The molecule has 4 N–H and O–H groups in total. The van der Waals surface area contributed by atoms with E-state index in [-0.39, 0.29) is 22.1 Å². The SMILES string of the molecule is O=C(Cc1csc(NS(=O)(=O)c2ccccc2)n1)NC(CO)C(=O)O. The van der Waals surface area contributed by atoms with Crippen molar-refractivity contribution in [2.75, 3.05) is 11.3 Å². The first-order chi connectivity index (χ1) is 11.8. The minimum Gasteiger partial charge on any atom is -0.480 e. The van der Waals surface area contributed by atoms with E-state index < -0.39 is 34.5 Å². The van der Waals surface area contributed by atoms with Crippen LogP contribution in [0, 0.1) is 0 Å². The van der Waals surface area contributed by atoms with E-state index in [2.05, 4.69) is 15.0 Å². The summed E-state index contributed by atoms with van der Waals surface area (Å²) in [5.74, 6) is -2.00. The van der Waals surface area contributed by atoms with Crippen LogP contribution in [0.1, 0.15) is 5.69 Å². The van der Waals surface area contributed by atoms with Crippen molar-refractivity contribution >= 4 is 38.4 Å². The first kappa shape index (κ1) is 18.8. The Bertz CT molecular complexity index is 850. The molecule has 0 spiro atoms. The zero-order chi connectivity index (χ0) is 18.4. The third-order valence-corrected chi connectivity index (χ3v) is 5.28. The Kier molecular flexibility index (Phi) is 6.07. The molecule has 11 heteroatoms. The first-order valence-corrected chi connectivity index (χ1v) is 9.33. The van der Waals surface area contributed by atoms with Gasteiger partial charge in [0.2, 0.25) is 5.91 Å². The van der Waals surface area contributed by atoms with Crippen LogP contribution in [0.15, 0.2) is 40.6 Å². The van der Waals surface area contributed by atoms with Crippen molar-refractivity contribution in [3.8, 4) is 0 Å². The highest BCUT2D eigenvalue weighted by atomic mass is 32.2. The van der Waals surface area contributed by atoms with Gasteiger partial charge in [-0.2, -0.15) is 0 Å². The van der Waals surface area contributed by atoms with E-state index in [0.29, 0.717) is 0 Å². The summed E-state index contributed by atoms with van der Waals surface area (Å²) >= 11 is 0.997. The molecule has 0 aliphatic heterocycles. The van der Waals surface area contributed by atoms with Crippen molar-refractivity contribution in [2.24, 2.45) is 0 Å². The van der Waals surface area contributed by atoms with Crippen LogP contribution in [-0.2, 0) is 26.0 Å². The van der Waals surface area contributed by atoms with Gasteiger partial charge in [0, 0.05) is 5.38 Å². The third kappa shape index (κ3) is 5.24. The van der Waals surface area contributed by atoms with Gasteiger partial charge in [-0.3, -0.25) is 9.52 Å². The summed E-state index contributed by atoms with van der Waals surface area (Å²) in [5.41, 5.74) is 0.273. The minimum atomic E-state index is -3.78. The van der Waals surface area contributed by atoms with Gasteiger partial charge in [-0.1, -0.05) is 18.2 Å². The van der Waals surface area contributed by atoms with Crippen LogP contribution in [0.5, 0.6) is 0 Å². The largest absolute Gasteiger partial charge is 0.480 e. The number of carboxylic acid groups (broad SMARTS) is 1. The lowest BCUT2D eigenvalue weighted by Crippen LogP contribution is -2.43. The van der Waals surface area contributed by atoms with Crippen molar-refractivity contribution in [1.82, 2.24) is 10.3 Å². The number of benzene rings is 1. The van der Waals surface area contributed by atoms with Crippen molar-refractivity contribution in [3.63, 3.8) is 0 Å². The third-order valence-electron chi connectivity index (χ3n) is 2.98. The fourth-order valence-corrected chi connectivity index (χ4v) is 3.79. The number of hydrogen-bond donors (Lipinski definition) is 4. The summed E-state index contributed by atoms with van der Waals surface area (Å²) in [6.07, 6.45) is -0.243. The summed E-state index contributed by atoms with van der Waals surface area (Å²) in [6, 6.07) is 6.34. The lowest BCUT2D eigenvalue weighted by molar-refractivity contribution is -0.142. The summed E-state index contributed by atoms with van der Waals surface area (Å²) in [4.78, 5) is 26.6. The van der Waals surface area contributed by atoms with Crippen LogP contribution < -0.4 is 10.0 Å². The first-order valence-electron chi connectivity index (χ1n) is 6.97. The number of amides is 1. The molecular weight excluding hydrogens is 370 g/mol. The highest BCUT2D eigenvalue weighted by Crippen LogP contribution is 2.20. The molecule has 0 saturated carbocycles. The van der Waals surface area contributed by atoms with Gasteiger partial charge >= 0.3 is 5.97 Å². The van der Waals surface area contributed by atoms with E-state index in [1.807, 2.05) is 0 Å². The number of anilines is 1. The van der Waals surface area contributed by atoms with E-state index in [1.165, 1.54) is 17.5 Å². The molecule has 0 aliphatic rings. The molecule has 0 bridgehead atoms. The normalized spacial score (nSPS) is 12.4. The summed E-state index contributed by atoms with van der Waals surface area (Å²) in [7, 11) is -3.78. The number of carbonyl (C=O) groups excluding carboxylic acids is 1. The molecule has 1 unspecified atom stereocenters. The van der Waals surface area contributed by atoms with Crippen LogP contribution in [-0.4, -0.2) is 48.1 Å². The average Bonchev–Trinajstić information content (AvgIpc) is 2.99. The van der Waals surface area contributed by atoms with Crippen LogP contribution in [0.2, 0.25) is 0 Å².